The molecule has 0 saturated heterocycles. The SMILES string of the molecule is O=C(NC(C(=O)O)C(O)c1ccccc1)c1ccc2cc(OCc3ccccc3)ccc2c1. The smallest absolute Gasteiger partial charge is 0.329 e. The van der Waals surface area contributed by atoms with Gasteiger partial charge in [-0.05, 0) is 46.2 Å². The Hall–Kier alpha value is -4.16. The number of aliphatic hydroxyl groups excluding tert-OH is 1. The van der Waals surface area contributed by atoms with Crippen molar-refractivity contribution < 1.29 is 24.5 Å². The molecule has 0 bridgehead atoms. The van der Waals surface area contributed by atoms with E-state index in [1.807, 2.05) is 48.5 Å². The minimum Gasteiger partial charge on any atom is -0.489 e. The zero-order chi connectivity index (χ0) is 23.2. The predicted octanol–water partition coefficient (Wildman–Crippen LogP) is 4.34. The van der Waals surface area contributed by atoms with Gasteiger partial charge in [-0.1, -0.05) is 72.8 Å². The first-order chi connectivity index (χ1) is 16.0. The lowest BCUT2D eigenvalue weighted by atomic mass is 10.0. The third-order valence-electron chi connectivity index (χ3n) is 5.33. The molecule has 4 aromatic rings. The predicted molar refractivity (Wildman–Crippen MR) is 125 cm³/mol. The summed E-state index contributed by atoms with van der Waals surface area (Å²) in [6.45, 7) is 0.452. The van der Waals surface area contributed by atoms with Crippen molar-refractivity contribution in [2.75, 3.05) is 0 Å². The summed E-state index contributed by atoms with van der Waals surface area (Å²) in [5, 5.41) is 24.1. The van der Waals surface area contributed by atoms with Gasteiger partial charge in [0.25, 0.3) is 5.91 Å². The second-order valence-electron chi connectivity index (χ2n) is 7.64. The van der Waals surface area contributed by atoms with Gasteiger partial charge in [0.05, 0.1) is 0 Å². The Morgan fingerprint density at radius 1 is 0.818 bits per heavy atom. The molecule has 0 spiro atoms. The maximum atomic E-state index is 12.8. The van der Waals surface area contributed by atoms with E-state index in [1.54, 1.807) is 48.5 Å². The van der Waals surface area contributed by atoms with Crippen LogP contribution in [0.25, 0.3) is 10.8 Å². The summed E-state index contributed by atoms with van der Waals surface area (Å²) < 4.78 is 5.85. The molecule has 0 saturated carbocycles. The van der Waals surface area contributed by atoms with Gasteiger partial charge in [0.15, 0.2) is 6.04 Å². The van der Waals surface area contributed by atoms with Crippen LogP contribution in [-0.2, 0) is 11.4 Å². The number of hydrogen-bond acceptors (Lipinski definition) is 4. The van der Waals surface area contributed by atoms with Crippen LogP contribution in [0.2, 0.25) is 0 Å². The Kier molecular flexibility index (Phi) is 6.66. The third-order valence-corrected chi connectivity index (χ3v) is 5.33. The van der Waals surface area contributed by atoms with Gasteiger partial charge in [0, 0.05) is 5.56 Å². The molecule has 0 aliphatic carbocycles. The minimum atomic E-state index is -1.48. The highest BCUT2D eigenvalue weighted by Gasteiger charge is 2.29. The van der Waals surface area contributed by atoms with Gasteiger partial charge >= 0.3 is 5.97 Å². The molecule has 6 nitrogen and oxygen atoms in total. The molecule has 3 N–H and O–H groups in total. The average Bonchev–Trinajstić information content (AvgIpc) is 2.86. The van der Waals surface area contributed by atoms with Crippen LogP contribution in [0.15, 0.2) is 97.1 Å². The van der Waals surface area contributed by atoms with Crippen LogP contribution in [0.4, 0.5) is 0 Å². The van der Waals surface area contributed by atoms with Crippen LogP contribution in [0.3, 0.4) is 0 Å². The lowest BCUT2D eigenvalue weighted by Crippen LogP contribution is -2.45. The summed E-state index contributed by atoms with van der Waals surface area (Å²) in [4.78, 5) is 24.5. The topological polar surface area (TPSA) is 95.9 Å². The van der Waals surface area contributed by atoms with E-state index in [0.29, 0.717) is 23.5 Å². The highest BCUT2D eigenvalue weighted by atomic mass is 16.5. The molecule has 0 aliphatic rings. The number of rotatable bonds is 8. The van der Waals surface area contributed by atoms with Crippen LogP contribution < -0.4 is 10.1 Å². The molecule has 6 heteroatoms. The Morgan fingerprint density at radius 2 is 1.45 bits per heavy atom. The molecule has 2 atom stereocenters. The molecule has 0 radical (unpaired) electrons. The Morgan fingerprint density at radius 3 is 2.15 bits per heavy atom. The molecule has 2 unspecified atom stereocenters. The number of ether oxygens (including phenoxy) is 1. The van der Waals surface area contributed by atoms with Crippen molar-refractivity contribution in [1.29, 1.82) is 0 Å². The zero-order valence-electron chi connectivity index (χ0n) is 17.7. The van der Waals surface area contributed by atoms with Crippen LogP contribution in [-0.4, -0.2) is 28.1 Å². The monoisotopic (exact) mass is 441 g/mol. The van der Waals surface area contributed by atoms with Gasteiger partial charge in [-0.2, -0.15) is 0 Å². The molecule has 166 valence electrons. The first-order valence-corrected chi connectivity index (χ1v) is 10.5. The molecule has 0 aliphatic heterocycles. The molecule has 4 aromatic carbocycles. The maximum Gasteiger partial charge on any atom is 0.329 e. The number of carbonyl (C=O) groups excluding carboxylic acids is 1. The van der Waals surface area contributed by atoms with E-state index in [0.717, 1.165) is 16.3 Å². The normalized spacial score (nSPS) is 12.6. The van der Waals surface area contributed by atoms with Gasteiger partial charge < -0.3 is 20.3 Å². The summed E-state index contributed by atoms with van der Waals surface area (Å²) in [7, 11) is 0. The van der Waals surface area contributed by atoms with Crippen molar-refractivity contribution in [3.8, 4) is 5.75 Å². The highest BCUT2D eigenvalue weighted by molar-refractivity contribution is 6.00. The van der Waals surface area contributed by atoms with Crippen molar-refractivity contribution in [3.63, 3.8) is 0 Å². The zero-order valence-corrected chi connectivity index (χ0v) is 17.7. The van der Waals surface area contributed by atoms with Crippen LogP contribution in [0.1, 0.15) is 27.6 Å². The summed E-state index contributed by atoms with van der Waals surface area (Å²) in [5.74, 6) is -1.19. The van der Waals surface area contributed by atoms with Gasteiger partial charge in [-0.25, -0.2) is 4.79 Å². The number of hydrogen-bond donors (Lipinski definition) is 3. The fourth-order valence-electron chi connectivity index (χ4n) is 3.54. The third kappa shape index (κ3) is 5.37. The number of carboxylic acid groups (broad SMARTS) is 1. The van der Waals surface area contributed by atoms with Crippen LogP contribution in [0, 0.1) is 0 Å². The van der Waals surface area contributed by atoms with Gasteiger partial charge in [0.1, 0.15) is 18.5 Å². The molecule has 0 heterocycles. The molecule has 1 amide bonds. The van der Waals surface area contributed by atoms with Gasteiger partial charge in [-0.3, -0.25) is 4.79 Å². The summed E-state index contributed by atoms with van der Waals surface area (Å²) in [6.07, 6.45) is -1.38. The summed E-state index contributed by atoms with van der Waals surface area (Å²) >= 11 is 0. The first kappa shape index (κ1) is 22.0. The van der Waals surface area contributed by atoms with Crippen LogP contribution >= 0.6 is 0 Å². The molecular formula is C27H23NO5. The number of aliphatic carboxylic acids is 1. The van der Waals surface area contributed by atoms with Crippen molar-refractivity contribution in [2.45, 2.75) is 18.8 Å². The first-order valence-electron chi connectivity index (χ1n) is 10.5. The number of aliphatic hydroxyl groups is 1. The van der Waals surface area contributed by atoms with Crippen molar-refractivity contribution in [3.05, 3.63) is 114 Å². The Balaban J connectivity index is 1.48. The number of carboxylic acids is 1. The number of benzene rings is 4. The maximum absolute atomic E-state index is 12.8. The van der Waals surface area contributed by atoms with E-state index < -0.39 is 24.0 Å². The van der Waals surface area contributed by atoms with Crippen LogP contribution in [0.5, 0.6) is 5.75 Å². The number of fused-ring (bicyclic) bond motifs is 1. The van der Waals surface area contributed by atoms with Gasteiger partial charge in [0.2, 0.25) is 0 Å². The molecule has 33 heavy (non-hydrogen) atoms. The van der Waals surface area contributed by atoms with Crippen molar-refractivity contribution in [1.82, 2.24) is 5.32 Å². The molecular weight excluding hydrogens is 418 g/mol. The highest BCUT2D eigenvalue weighted by Crippen LogP contribution is 2.24. The van der Waals surface area contributed by atoms with Crippen molar-refractivity contribution >= 4 is 22.6 Å². The lowest BCUT2D eigenvalue weighted by Gasteiger charge is -2.21. The van der Waals surface area contributed by atoms with Crippen molar-refractivity contribution in [2.24, 2.45) is 0 Å². The lowest BCUT2D eigenvalue weighted by molar-refractivity contribution is -0.142. The minimum absolute atomic E-state index is 0.298. The number of amides is 1. The van der Waals surface area contributed by atoms with E-state index in [2.05, 4.69) is 5.32 Å². The summed E-state index contributed by atoms with van der Waals surface area (Å²) in [6, 6.07) is 27.4. The number of nitrogens with one attached hydrogen (secondary N) is 1. The van der Waals surface area contributed by atoms with E-state index >= 15 is 0 Å². The molecule has 0 fully saturated rings. The van der Waals surface area contributed by atoms with Gasteiger partial charge in [-0.15, -0.1) is 0 Å². The van der Waals surface area contributed by atoms with E-state index in [1.165, 1.54) is 0 Å². The largest absolute Gasteiger partial charge is 0.489 e. The average molecular weight is 441 g/mol. The molecule has 4 rings (SSSR count). The van der Waals surface area contributed by atoms with E-state index in [9.17, 15) is 19.8 Å². The fraction of sp³-hybridized carbons (Fsp3) is 0.111. The van der Waals surface area contributed by atoms with E-state index in [-0.39, 0.29) is 0 Å². The fourth-order valence-corrected chi connectivity index (χ4v) is 3.54. The molecule has 0 aromatic heterocycles. The quantitative estimate of drug-likeness (QED) is 0.378. The van der Waals surface area contributed by atoms with E-state index in [4.69, 9.17) is 4.74 Å². The standard InChI is InChI=1S/C27H23NO5/c29-25(19-9-5-2-6-10-19)24(27(31)32)28-26(30)22-12-11-21-16-23(14-13-20(21)15-22)33-17-18-7-3-1-4-8-18/h1-16,24-25,29H,17H2,(H,28,30)(H,31,32). The number of carbonyl (C=O) groups is 2. The Labute approximate surface area is 191 Å². The second kappa shape index (κ2) is 9.97. The second-order valence-corrected chi connectivity index (χ2v) is 7.64. The Bertz CT molecular complexity index is 1260. The summed E-state index contributed by atoms with van der Waals surface area (Å²) in [5.41, 5.74) is 1.77.